The van der Waals surface area contributed by atoms with E-state index in [1.807, 2.05) is 13.8 Å². The summed E-state index contributed by atoms with van der Waals surface area (Å²) in [7, 11) is -3.50. The van der Waals surface area contributed by atoms with Gasteiger partial charge in [0.2, 0.25) is 5.95 Å². The van der Waals surface area contributed by atoms with Crippen LogP contribution in [-0.4, -0.2) is 51.0 Å². The Morgan fingerprint density at radius 3 is 2.52 bits per heavy atom. The molecule has 0 spiro atoms. The van der Waals surface area contributed by atoms with Gasteiger partial charge in [0, 0.05) is 36.8 Å². The Bertz CT molecular complexity index is 1300. The summed E-state index contributed by atoms with van der Waals surface area (Å²) in [6, 6.07) is 3.17. The molecule has 0 fully saturated rings. The topological polar surface area (TPSA) is 121 Å². The minimum absolute atomic E-state index is 0.119. The van der Waals surface area contributed by atoms with E-state index < -0.39 is 15.9 Å². The van der Waals surface area contributed by atoms with E-state index in [1.54, 1.807) is 18.3 Å². The molecule has 0 amide bonds. The molecule has 0 aliphatic carbocycles. The smallest absolute Gasteiger partial charge is 0.226 e. The first-order valence-electron chi connectivity index (χ1n) is 11.2. The lowest BCUT2D eigenvalue weighted by molar-refractivity contribution is 0.172. The molecule has 9 nitrogen and oxygen atoms in total. The summed E-state index contributed by atoms with van der Waals surface area (Å²) >= 11 is 0. The molecule has 1 aromatic carbocycles. The number of sulfone groups is 1. The summed E-state index contributed by atoms with van der Waals surface area (Å²) in [5.74, 6) is 1.58. The molecule has 3 aromatic rings. The highest BCUT2D eigenvalue weighted by molar-refractivity contribution is 7.90. The SMILES string of the molecule is CCC(O)c1cnc(N2CCn3c(nc4cc(CO)c(S(C)(=O)=O)cc43)[C@H]2C(C)C)nc1C. The average Bonchev–Trinajstić information content (AvgIpc) is 3.13. The van der Waals surface area contributed by atoms with Crippen molar-refractivity contribution in [1.82, 2.24) is 19.5 Å². The maximum absolute atomic E-state index is 12.3. The number of hydrogen-bond donors (Lipinski definition) is 2. The Morgan fingerprint density at radius 2 is 1.94 bits per heavy atom. The van der Waals surface area contributed by atoms with Gasteiger partial charge in [0.25, 0.3) is 0 Å². The van der Waals surface area contributed by atoms with Gasteiger partial charge in [0.15, 0.2) is 9.84 Å². The monoisotopic (exact) mass is 473 g/mol. The molecule has 1 aliphatic heterocycles. The summed E-state index contributed by atoms with van der Waals surface area (Å²) in [5.41, 5.74) is 3.24. The van der Waals surface area contributed by atoms with Gasteiger partial charge < -0.3 is 19.7 Å². The van der Waals surface area contributed by atoms with Crippen molar-refractivity contribution >= 4 is 26.8 Å². The molecule has 2 atom stereocenters. The maximum atomic E-state index is 12.3. The maximum Gasteiger partial charge on any atom is 0.226 e. The molecule has 4 rings (SSSR count). The van der Waals surface area contributed by atoms with Crippen LogP contribution in [0.1, 0.15) is 62.0 Å². The van der Waals surface area contributed by atoms with Crippen molar-refractivity contribution in [2.24, 2.45) is 5.92 Å². The fourth-order valence-corrected chi connectivity index (χ4v) is 5.59. The van der Waals surface area contributed by atoms with Crippen LogP contribution in [0.25, 0.3) is 11.0 Å². The fraction of sp³-hybridized carbons (Fsp3) is 0.522. The first kappa shape index (κ1) is 23.6. The lowest BCUT2D eigenvalue weighted by Crippen LogP contribution is -2.42. The molecule has 2 N–H and O–H groups in total. The molecule has 0 bridgehead atoms. The molecule has 1 aliphatic rings. The zero-order valence-corrected chi connectivity index (χ0v) is 20.5. The van der Waals surface area contributed by atoms with Gasteiger partial charge in [-0.2, -0.15) is 0 Å². The zero-order valence-electron chi connectivity index (χ0n) is 19.6. The van der Waals surface area contributed by atoms with E-state index >= 15 is 0 Å². The number of aliphatic hydroxyl groups is 2. The van der Waals surface area contributed by atoms with Gasteiger partial charge in [0.1, 0.15) is 5.82 Å². The highest BCUT2D eigenvalue weighted by Gasteiger charge is 2.35. The van der Waals surface area contributed by atoms with E-state index in [4.69, 9.17) is 9.97 Å². The third kappa shape index (κ3) is 4.11. The van der Waals surface area contributed by atoms with E-state index in [0.717, 1.165) is 28.9 Å². The van der Waals surface area contributed by atoms with Crippen molar-refractivity contribution < 1.29 is 18.6 Å². The van der Waals surface area contributed by atoms with Gasteiger partial charge in [-0.3, -0.25) is 0 Å². The van der Waals surface area contributed by atoms with Crippen molar-refractivity contribution in [3.05, 3.63) is 41.0 Å². The van der Waals surface area contributed by atoms with E-state index in [0.29, 0.717) is 36.5 Å². The average molecular weight is 474 g/mol. The molecule has 1 unspecified atom stereocenters. The van der Waals surface area contributed by atoms with Crippen LogP contribution in [-0.2, 0) is 23.0 Å². The first-order chi connectivity index (χ1) is 15.6. The lowest BCUT2D eigenvalue weighted by atomic mass is 10.00. The van der Waals surface area contributed by atoms with Crippen LogP contribution in [0.5, 0.6) is 0 Å². The first-order valence-corrected chi connectivity index (χ1v) is 13.1. The normalized spacial score (nSPS) is 17.6. The Hall–Kier alpha value is -2.56. The van der Waals surface area contributed by atoms with Gasteiger partial charge in [-0.25, -0.2) is 23.4 Å². The highest BCUT2D eigenvalue weighted by Crippen LogP contribution is 2.37. The van der Waals surface area contributed by atoms with Crippen molar-refractivity contribution in [3.8, 4) is 0 Å². The number of benzene rings is 1. The Labute approximate surface area is 194 Å². The van der Waals surface area contributed by atoms with E-state index in [-0.39, 0.29) is 23.5 Å². The third-order valence-corrected chi connectivity index (χ3v) is 7.51. The van der Waals surface area contributed by atoms with Crippen LogP contribution in [0.2, 0.25) is 0 Å². The van der Waals surface area contributed by atoms with Crippen LogP contribution in [0.3, 0.4) is 0 Å². The minimum atomic E-state index is -3.50. The molecule has 10 heteroatoms. The van der Waals surface area contributed by atoms with Gasteiger partial charge in [-0.1, -0.05) is 20.8 Å². The van der Waals surface area contributed by atoms with E-state index in [2.05, 4.69) is 28.3 Å². The second kappa shape index (κ2) is 8.66. The third-order valence-electron chi connectivity index (χ3n) is 6.33. The number of nitrogens with zero attached hydrogens (tertiary/aromatic N) is 5. The van der Waals surface area contributed by atoms with Crippen molar-refractivity contribution in [1.29, 1.82) is 0 Å². The Kier molecular flexibility index (Phi) is 6.19. The predicted molar refractivity (Wildman–Crippen MR) is 126 cm³/mol. The molecule has 0 saturated carbocycles. The van der Waals surface area contributed by atoms with E-state index in [9.17, 15) is 18.6 Å². The highest BCUT2D eigenvalue weighted by atomic mass is 32.2. The van der Waals surface area contributed by atoms with Crippen LogP contribution in [0.4, 0.5) is 5.95 Å². The van der Waals surface area contributed by atoms with Gasteiger partial charge >= 0.3 is 0 Å². The molecule has 0 saturated heterocycles. The summed E-state index contributed by atoms with van der Waals surface area (Å²) in [5, 5.41) is 20.0. The fourth-order valence-electron chi connectivity index (χ4n) is 4.66. The number of hydrogen-bond acceptors (Lipinski definition) is 8. The van der Waals surface area contributed by atoms with Crippen molar-refractivity contribution in [3.63, 3.8) is 0 Å². The van der Waals surface area contributed by atoms with Crippen molar-refractivity contribution in [2.45, 2.75) is 64.3 Å². The van der Waals surface area contributed by atoms with Crippen LogP contribution in [0, 0.1) is 12.8 Å². The molecule has 3 heterocycles. The quantitative estimate of drug-likeness (QED) is 0.560. The Morgan fingerprint density at radius 1 is 1.21 bits per heavy atom. The lowest BCUT2D eigenvalue weighted by Gasteiger charge is -2.38. The molecule has 2 aromatic heterocycles. The van der Waals surface area contributed by atoms with Crippen molar-refractivity contribution in [2.75, 3.05) is 17.7 Å². The zero-order chi connectivity index (χ0) is 24.1. The Balaban J connectivity index is 1.83. The summed E-state index contributed by atoms with van der Waals surface area (Å²) < 4.78 is 26.7. The second-order valence-electron chi connectivity index (χ2n) is 9.02. The number of anilines is 1. The van der Waals surface area contributed by atoms with Crippen LogP contribution >= 0.6 is 0 Å². The predicted octanol–water partition coefficient (Wildman–Crippen LogP) is 2.69. The second-order valence-corrected chi connectivity index (χ2v) is 11.0. The van der Waals surface area contributed by atoms with Crippen LogP contribution in [0.15, 0.2) is 23.2 Å². The number of aromatic nitrogens is 4. The number of aryl methyl sites for hydroxylation is 1. The summed E-state index contributed by atoms with van der Waals surface area (Å²) in [4.78, 5) is 16.4. The minimum Gasteiger partial charge on any atom is -0.392 e. The molecule has 0 radical (unpaired) electrons. The number of imidazole rings is 1. The number of rotatable bonds is 6. The van der Waals surface area contributed by atoms with Gasteiger partial charge in [0.05, 0.1) is 34.7 Å². The molecular weight excluding hydrogens is 442 g/mol. The number of aliphatic hydroxyl groups excluding tert-OH is 2. The van der Waals surface area contributed by atoms with Gasteiger partial charge in [-0.05, 0) is 37.0 Å². The van der Waals surface area contributed by atoms with Crippen LogP contribution < -0.4 is 4.90 Å². The summed E-state index contributed by atoms with van der Waals surface area (Å²) in [6.07, 6.45) is 2.86. The van der Waals surface area contributed by atoms with E-state index in [1.165, 1.54) is 0 Å². The molecule has 178 valence electrons. The molecular formula is C23H31N5O4S. The largest absolute Gasteiger partial charge is 0.392 e. The standard InChI is InChI=1S/C23H31N5O4S/c1-6-19(30)16-11-24-23(25-14(16)4)28-8-7-27-18-10-20(33(5,31)32)15(12-29)9-17(18)26-22(27)21(28)13(2)3/h9-11,13,19,21,29-30H,6-8,12H2,1-5H3/t19?,21-/m1/s1. The molecule has 33 heavy (non-hydrogen) atoms. The van der Waals surface area contributed by atoms with Gasteiger partial charge in [-0.15, -0.1) is 0 Å². The number of fused-ring (bicyclic) bond motifs is 3. The summed E-state index contributed by atoms with van der Waals surface area (Å²) in [6.45, 7) is 8.87.